The first-order valence-electron chi connectivity index (χ1n) is 9.00. The second-order valence-electron chi connectivity index (χ2n) is 5.17. The van der Waals surface area contributed by atoms with Gasteiger partial charge in [-0.2, -0.15) is 0 Å². The molecule has 0 atom stereocenters. The molecule has 0 amide bonds. The molecule has 2 N–H and O–H groups in total. The predicted molar refractivity (Wildman–Crippen MR) is 107 cm³/mol. The standard InChI is InChI=1S/C24H26O2/c25-23-21-19-17-15-13-11-9-7-5-3-1-2-4-6-8-10-12-14-16-18-20-22-24-26/h25-26H,5-8,17-24H2. The van der Waals surface area contributed by atoms with E-state index in [4.69, 9.17) is 10.2 Å². The van der Waals surface area contributed by atoms with Crippen LogP contribution in [0.1, 0.15) is 64.2 Å². The minimum atomic E-state index is 0.226. The van der Waals surface area contributed by atoms with Gasteiger partial charge in [0.05, 0.1) is 0 Å². The van der Waals surface area contributed by atoms with Crippen molar-refractivity contribution >= 4 is 0 Å². The molecule has 0 aromatic rings. The molecule has 0 saturated heterocycles. The Kier molecular flexibility index (Phi) is 19.9. The first-order valence-corrected chi connectivity index (χ1v) is 9.00. The van der Waals surface area contributed by atoms with E-state index in [9.17, 15) is 0 Å². The summed E-state index contributed by atoms with van der Waals surface area (Å²) in [5.41, 5.74) is 0. The third-order valence-corrected chi connectivity index (χ3v) is 2.89. The minimum absolute atomic E-state index is 0.226. The molecule has 0 aromatic heterocycles. The third-order valence-electron chi connectivity index (χ3n) is 2.89. The Balaban J connectivity index is 3.70. The Morgan fingerprint density at radius 3 is 0.885 bits per heavy atom. The summed E-state index contributed by atoms with van der Waals surface area (Å²) >= 11 is 0. The third kappa shape index (κ3) is 21.3. The van der Waals surface area contributed by atoms with E-state index < -0.39 is 0 Å². The lowest BCUT2D eigenvalue weighted by molar-refractivity contribution is 0.285. The highest BCUT2D eigenvalue weighted by Crippen LogP contribution is 1.91. The molecular formula is C24H26O2. The van der Waals surface area contributed by atoms with Crippen molar-refractivity contribution in [2.24, 2.45) is 0 Å². The fourth-order valence-corrected chi connectivity index (χ4v) is 1.54. The zero-order valence-electron chi connectivity index (χ0n) is 15.4. The van der Waals surface area contributed by atoms with Crippen molar-refractivity contribution in [1.82, 2.24) is 0 Å². The van der Waals surface area contributed by atoms with Crippen molar-refractivity contribution < 1.29 is 10.2 Å². The topological polar surface area (TPSA) is 40.5 Å². The van der Waals surface area contributed by atoms with Gasteiger partial charge in [0.15, 0.2) is 0 Å². The van der Waals surface area contributed by atoms with Crippen LogP contribution in [-0.2, 0) is 0 Å². The molecule has 0 aliphatic heterocycles. The highest BCUT2D eigenvalue weighted by Gasteiger charge is 1.81. The summed E-state index contributed by atoms with van der Waals surface area (Å²) in [6, 6.07) is 0. The lowest BCUT2D eigenvalue weighted by atomic mass is 10.2. The van der Waals surface area contributed by atoms with Gasteiger partial charge in [0.25, 0.3) is 0 Å². The second-order valence-corrected chi connectivity index (χ2v) is 5.17. The number of aliphatic hydroxyl groups excluding tert-OH is 2. The number of hydrogen-bond donors (Lipinski definition) is 2. The van der Waals surface area contributed by atoms with E-state index in [1.165, 1.54) is 0 Å². The summed E-state index contributed by atoms with van der Waals surface area (Å²) in [5.74, 6) is 34.5. The molecule has 0 fully saturated rings. The molecule has 0 aliphatic carbocycles. The Morgan fingerprint density at radius 2 is 0.615 bits per heavy atom. The molecule has 0 bridgehead atoms. The molecule has 2 nitrogen and oxygen atoms in total. The van der Waals surface area contributed by atoms with Crippen molar-refractivity contribution in [2.75, 3.05) is 13.2 Å². The van der Waals surface area contributed by atoms with Crippen LogP contribution in [0.2, 0.25) is 0 Å². The zero-order chi connectivity index (χ0) is 19.0. The van der Waals surface area contributed by atoms with Crippen LogP contribution in [0.25, 0.3) is 0 Å². The van der Waals surface area contributed by atoms with E-state index in [0.717, 1.165) is 38.5 Å². The first kappa shape index (κ1) is 23.3. The maximum atomic E-state index is 8.62. The highest BCUT2D eigenvalue weighted by molar-refractivity contribution is 5.29. The first-order chi connectivity index (χ1) is 12.9. The molecular weight excluding hydrogens is 320 g/mol. The molecule has 26 heavy (non-hydrogen) atoms. The number of unbranched alkanes of at least 4 members (excludes halogenated alkanes) is 6. The Bertz CT molecular complexity index is 656. The number of hydrogen-bond acceptors (Lipinski definition) is 2. The zero-order valence-corrected chi connectivity index (χ0v) is 15.4. The van der Waals surface area contributed by atoms with Crippen molar-refractivity contribution in [2.45, 2.75) is 64.2 Å². The highest BCUT2D eigenvalue weighted by atomic mass is 16.3. The Labute approximate surface area is 159 Å². The van der Waals surface area contributed by atoms with Gasteiger partial charge in [-0.1, -0.05) is 35.5 Å². The van der Waals surface area contributed by atoms with E-state index in [0.29, 0.717) is 25.7 Å². The summed E-state index contributed by atoms with van der Waals surface area (Å²) < 4.78 is 0. The second kappa shape index (κ2) is 22.3. The molecule has 0 aromatic carbocycles. The van der Waals surface area contributed by atoms with Gasteiger partial charge in [0.2, 0.25) is 0 Å². The quantitative estimate of drug-likeness (QED) is 0.524. The Morgan fingerprint density at radius 1 is 0.346 bits per heavy atom. The van der Waals surface area contributed by atoms with Gasteiger partial charge >= 0.3 is 0 Å². The fourth-order valence-electron chi connectivity index (χ4n) is 1.54. The molecule has 2 heteroatoms. The SMILES string of the molecule is OCCCCC#CC#CCCC#CC#CCCC#CC#CCCCCO. The lowest BCUT2D eigenvalue weighted by Gasteiger charge is -1.86. The van der Waals surface area contributed by atoms with Crippen LogP contribution < -0.4 is 0 Å². The fraction of sp³-hybridized carbons (Fsp3) is 0.500. The lowest BCUT2D eigenvalue weighted by Crippen LogP contribution is -1.80. The van der Waals surface area contributed by atoms with Gasteiger partial charge in [-0.25, -0.2) is 0 Å². The molecule has 0 aliphatic rings. The average Bonchev–Trinajstić information content (AvgIpc) is 2.66. The minimum Gasteiger partial charge on any atom is -0.396 e. The molecule has 0 unspecified atom stereocenters. The summed E-state index contributed by atoms with van der Waals surface area (Å²) in [7, 11) is 0. The van der Waals surface area contributed by atoms with E-state index in [-0.39, 0.29) is 13.2 Å². The van der Waals surface area contributed by atoms with Gasteiger partial charge in [-0.15, -0.1) is 0 Å². The van der Waals surface area contributed by atoms with Gasteiger partial charge in [0, 0.05) is 51.7 Å². The molecule has 134 valence electrons. The van der Waals surface area contributed by atoms with Gasteiger partial charge in [-0.3, -0.25) is 0 Å². The number of aliphatic hydroxyl groups is 2. The van der Waals surface area contributed by atoms with Crippen LogP contribution in [0.3, 0.4) is 0 Å². The monoisotopic (exact) mass is 346 g/mol. The Hall–Kier alpha value is -2.72. The predicted octanol–water partition coefficient (Wildman–Crippen LogP) is 2.89. The van der Waals surface area contributed by atoms with Crippen molar-refractivity contribution in [1.29, 1.82) is 0 Å². The van der Waals surface area contributed by atoms with E-state index in [1.807, 2.05) is 0 Å². The van der Waals surface area contributed by atoms with Crippen molar-refractivity contribution in [3.63, 3.8) is 0 Å². The van der Waals surface area contributed by atoms with E-state index in [1.54, 1.807) is 0 Å². The van der Waals surface area contributed by atoms with Crippen LogP contribution in [0.5, 0.6) is 0 Å². The van der Waals surface area contributed by atoms with Gasteiger partial charge in [0.1, 0.15) is 0 Å². The smallest absolute Gasteiger partial charge is 0.0431 e. The van der Waals surface area contributed by atoms with Crippen LogP contribution in [0, 0.1) is 71.0 Å². The van der Waals surface area contributed by atoms with E-state index >= 15 is 0 Å². The van der Waals surface area contributed by atoms with Crippen molar-refractivity contribution in [3.05, 3.63) is 0 Å². The molecule has 0 heterocycles. The summed E-state index contributed by atoms with van der Waals surface area (Å²) in [6.07, 6.45) is 7.78. The van der Waals surface area contributed by atoms with Crippen LogP contribution >= 0.6 is 0 Å². The normalized spacial score (nSPS) is 7.62. The van der Waals surface area contributed by atoms with Crippen molar-refractivity contribution in [3.8, 4) is 71.0 Å². The molecule has 0 rings (SSSR count). The maximum Gasteiger partial charge on any atom is 0.0431 e. The van der Waals surface area contributed by atoms with Crippen LogP contribution in [0.15, 0.2) is 0 Å². The summed E-state index contributed by atoms with van der Waals surface area (Å²) in [5, 5.41) is 17.2. The average molecular weight is 346 g/mol. The molecule has 0 spiro atoms. The van der Waals surface area contributed by atoms with Gasteiger partial charge in [-0.05, 0) is 61.2 Å². The maximum absolute atomic E-state index is 8.62. The van der Waals surface area contributed by atoms with Gasteiger partial charge < -0.3 is 10.2 Å². The largest absolute Gasteiger partial charge is 0.396 e. The number of rotatable bonds is 8. The van der Waals surface area contributed by atoms with E-state index in [2.05, 4.69) is 71.0 Å². The van der Waals surface area contributed by atoms with Crippen LogP contribution in [0.4, 0.5) is 0 Å². The van der Waals surface area contributed by atoms with Crippen LogP contribution in [-0.4, -0.2) is 23.4 Å². The molecule has 0 radical (unpaired) electrons. The summed E-state index contributed by atoms with van der Waals surface area (Å²) in [6.45, 7) is 0.452. The molecule has 0 saturated carbocycles. The summed E-state index contributed by atoms with van der Waals surface area (Å²) in [4.78, 5) is 0.